The van der Waals surface area contributed by atoms with E-state index in [0.29, 0.717) is 33.5 Å². The van der Waals surface area contributed by atoms with Gasteiger partial charge in [0.2, 0.25) is 0 Å². The van der Waals surface area contributed by atoms with E-state index in [2.05, 4.69) is 15.2 Å². The number of aromatic amines is 1. The minimum absolute atomic E-state index is 0.0560. The van der Waals surface area contributed by atoms with Crippen molar-refractivity contribution in [2.45, 2.75) is 45.0 Å². The Balaban J connectivity index is 1.71. The van der Waals surface area contributed by atoms with Gasteiger partial charge in [0.05, 0.1) is 22.8 Å². The molecule has 0 unspecified atom stereocenters. The van der Waals surface area contributed by atoms with Crippen LogP contribution >= 0.6 is 11.8 Å². The molecular formula is C24H24N4O3S. The monoisotopic (exact) mass is 448 g/mol. The minimum Gasteiger partial charge on any atom is -0.469 e. The third-order valence-corrected chi connectivity index (χ3v) is 6.48. The van der Waals surface area contributed by atoms with Crippen molar-refractivity contribution in [1.29, 1.82) is 0 Å². The first-order valence-corrected chi connectivity index (χ1v) is 11.1. The zero-order valence-electron chi connectivity index (χ0n) is 18.6. The number of benzene rings is 1. The number of hydrogen-bond donors (Lipinski definition) is 1. The minimum atomic E-state index is -0.448. The van der Waals surface area contributed by atoms with Crippen molar-refractivity contribution in [3.05, 3.63) is 70.9 Å². The highest BCUT2D eigenvalue weighted by atomic mass is 32.2. The molecule has 4 aromatic rings. The average molecular weight is 449 g/mol. The maximum absolute atomic E-state index is 13.3. The van der Waals surface area contributed by atoms with Crippen molar-refractivity contribution in [3.63, 3.8) is 0 Å². The molecule has 3 heterocycles. The Morgan fingerprint density at radius 1 is 1.09 bits per heavy atom. The number of aryl methyl sites for hydroxylation is 2. The highest BCUT2D eigenvalue weighted by molar-refractivity contribution is 8.00. The van der Waals surface area contributed by atoms with Gasteiger partial charge in [-0.3, -0.25) is 14.2 Å². The zero-order valence-corrected chi connectivity index (χ0v) is 19.4. The van der Waals surface area contributed by atoms with Crippen LogP contribution in [0.1, 0.15) is 51.7 Å². The predicted octanol–water partition coefficient (Wildman–Crippen LogP) is 5.35. The molecule has 0 spiro atoms. The summed E-state index contributed by atoms with van der Waals surface area (Å²) < 4.78 is 7.40. The first-order valence-electron chi connectivity index (χ1n) is 10.3. The Labute approximate surface area is 190 Å². The summed E-state index contributed by atoms with van der Waals surface area (Å²) in [5.41, 5.74) is 4.17. The summed E-state index contributed by atoms with van der Waals surface area (Å²) in [6.07, 6.45) is 1.62. The summed E-state index contributed by atoms with van der Waals surface area (Å²) >= 11 is 1.33. The summed E-state index contributed by atoms with van der Waals surface area (Å²) in [5, 5.41) is 8.95. The molecule has 164 valence electrons. The van der Waals surface area contributed by atoms with E-state index in [1.165, 1.54) is 18.7 Å². The molecule has 7 nitrogen and oxygen atoms in total. The molecule has 0 saturated heterocycles. The number of aromatic nitrogens is 4. The maximum Gasteiger partial charge on any atom is 0.196 e. The van der Waals surface area contributed by atoms with Gasteiger partial charge in [0.15, 0.2) is 22.5 Å². The molecule has 1 N–H and O–H groups in total. The van der Waals surface area contributed by atoms with E-state index < -0.39 is 5.25 Å². The number of H-pyrrole nitrogens is 1. The second kappa shape index (κ2) is 8.63. The van der Waals surface area contributed by atoms with Crippen molar-refractivity contribution in [1.82, 2.24) is 19.7 Å². The maximum atomic E-state index is 13.3. The van der Waals surface area contributed by atoms with Gasteiger partial charge in [-0.2, -0.15) is 0 Å². The summed E-state index contributed by atoms with van der Waals surface area (Å²) in [5.74, 6) is 1.24. The van der Waals surface area contributed by atoms with Crippen LogP contribution < -0.4 is 0 Å². The quantitative estimate of drug-likeness (QED) is 0.303. The van der Waals surface area contributed by atoms with Crippen LogP contribution in [0, 0.1) is 20.8 Å². The lowest BCUT2D eigenvalue weighted by Gasteiger charge is -2.13. The first-order chi connectivity index (χ1) is 15.3. The Bertz CT molecular complexity index is 1300. The number of carbonyl (C=O) groups is 2. The third kappa shape index (κ3) is 3.82. The second-order valence-corrected chi connectivity index (χ2v) is 8.98. The fourth-order valence-electron chi connectivity index (χ4n) is 3.89. The number of ketones is 2. The number of thioether (sulfide) groups is 1. The molecular weight excluding hydrogens is 424 g/mol. The number of carbonyl (C=O) groups excluding carboxylic acids is 2. The van der Waals surface area contributed by atoms with Crippen LogP contribution in [0.5, 0.6) is 0 Å². The topological polar surface area (TPSA) is 93.8 Å². The van der Waals surface area contributed by atoms with Crippen molar-refractivity contribution >= 4 is 23.3 Å². The largest absolute Gasteiger partial charge is 0.469 e. The third-order valence-electron chi connectivity index (χ3n) is 5.43. The van der Waals surface area contributed by atoms with Crippen LogP contribution in [0.2, 0.25) is 0 Å². The molecule has 0 saturated carbocycles. The van der Waals surface area contributed by atoms with Gasteiger partial charge < -0.3 is 9.40 Å². The molecule has 32 heavy (non-hydrogen) atoms. The van der Waals surface area contributed by atoms with E-state index in [4.69, 9.17) is 4.42 Å². The van der Waals surface area contributed by atoms with Crippen LogP contribution in [-0.4, -0.2) is 36.6 Å². The fourth-order valence-corrected chi connectivity index (χ4v) is 4.81. The first kappa shape index (κ1) is 21.8. The lowest BCUT2D eigenvalue weighted by Crippen LogP contribution is -2.16. The lowest BCUT2D eigenvalue weighted by atomic mass is 10.0. The SMILES string of the molecule is CC(=O)c1c(C)[nH]c(C(=O)[C@H](C)Sc2nnc(-c3ccoc3C)n2-c2ccccc2)c1C. The Morgan fingerprint density at radius 3 is 2.41 bits per heavy atom. The Hall–Kier alpha value is -3.39. The van der Waals surface area contributed by atoms with E-state index >= 15 is 0 Å². The predicted molar refractivity (Wildman–Crippen MR) is 124 cm³/mol. The molecule has 0 amide bonds. The van der Waals surface area contributed by atoms with Crippen LogP contribution in [0.25, 0.3) is 17.1 Å². The number of hydrogen-bond acceptors (Lipinski definition) is 6. The van der Waals surface area contributed by atoms with Gasteiger partial charge in [-0.25, -0.2) is 0 Å². The highest BCUT2D eigenvalue weighted by Gasteiger charge is 2.27. The molecule has 0 fully saturated rings. The van der Waals surface area contributed by atoms with Gasteiger partial charge in [-0.05, 0) is 58.4 Å². The molecule has 3 aromatic heterocycles. The number of furan rings is 1. The van der Waals surface area contributed by atoms with E-state index in [9.17, 15) is 9.59 Å². The molecule has 0 radical (unpaired) electrons. The zero-order chi connectivity index (χ0) is 23.0. The highest BCUT2D eigenvalue weighted by Crippen LogP contribution is 2.33. The van der Waals surface area contributed by atoms with Gasteiger partial charge in [-0.15, -0.1) is 10.2 Å². The summed E-state index contributed by atoms with van der Waals surface area (Å²) in [6.45, 7) is 8.84. The molecule has 0 aliphatic heterocycles. The van der Waals surface area contributed by atoms with Gasteiger partial charge in [-0.1, -0.05) is 30.0 Å². The van der Waals surface area contributed by atoms with Crippen LogP contribution in [0.4, 0.5) is 0 Å². The smallest absolute Gasteiger partial charge is 0.196 e. The Morgan fingerprint density at radius 2 is 1.81 bits per heavy atom. The van der Waals surface area contributed by atoms with E-state index in [0.717, 1.165) is 17.0 Å². The second-order valence-electron chi connectivity index (χ2n) is 7.67. The number of para-hydroxylation sites is 1. The number of rotatable bonds is 7. The van der Waals surface area contributed by atoms with E-state index in [-0.39, 0.29) is 11.6 Å². The van der Waals surface area contributed by atoms with Crippen LogP contribution in [-0.2, 0) is 0 Å². The summed E-state index contributed by atoms with van der Waals surface area (Å²) in [7, 11) is 0. The number of Topliss-reactive ketones (excluding diaryl/α,β-unsaturated/α-hetero) is 2. The molecule has 1 atom stereocenters. The van der Waals surface area contributed by atoms with E-state index in [1.54, 1.807) is 13.2 Å². The van der Waals surface area contributed by atoms with Crippen molar-refractivity contribution < 1.29 is 14.0 Å². The van der Waals surface area contributed by atoms with Crippen LogP contribution in [0.15, 0.2) is 52.2 Å². The van der Waals surface area contributed by atoms with Gasteiger partial charge >= 0.3 is 0 Å². The summed E-state index contributed by atoms with van der Waals surface area (Å²) in [4.78, 5) is 28.3. The molecule has 0 aliphatic carbocycles. The van der Waals surface area contributed by atoms with Gasteiger partial charge in [0.1, 0.15) is 5.76 Å². The molecule has 0 aliphatic rings. The lowest BCUT2D eigenvalue weighted by molar-refractivity contribution is 0.0988. The molecule has 8 heteroatoms. The number of nitrogens with zero attached hydrogens (tertiary/aromatic N) is 3. The van der Waals surface area contributed by atoms with Crippen molar-refractivity contribution in [2.75, 3.05) is 0 Å². The number of nitrogens with one attached hydrogen (secondary N) is 1. The molecule has 0 bridgehead atoms. The summed E-state index contributed by atoms with van der Waals surface area (Å²) in [6, 6.07) is 11.6. The standard InChI is InChI=1S/C24H24N4O3S/c1-13-20(15(3)29)14(2)25-21(13)22(30)17(5)32-24-27-26-23(19-11-12-31-16(19)4)28(24)18-9-7-6-8-10-18/h6-12,17,25H,1-5H3/t17-/m0/s1. The van der Waals surface area contributed by atoms with Crippen molar-refractivity contribution in [2.24, 2.45) is 0 Å². The van der Waals surface area contributed by atoms with Gasteiger partial charge in [0, 0.05) is 16.9 Å². The van der Waals surface area contributed by atoms with Crippen molar-refractivity contribution in [3.8, 4) is 17.1 Å². The fraction of sp³-hybridized carbons (Fsp3) is 0.250. The normalized spacial score (nSPS) is 12.2. The van der Waals surface area contributed by atoms with E-state index in [1.807, 2.05) is 61.7 Å². The average Bonchev–Trinajstić information content (AvgIpc) is 3.44. The Kier molecular flexibility index (Phi) is 5.88. The van der Waals surface area contributed by atoms with Gasteiger partial charge in [0.25, 0.3) is 0 Å². The molecule has 4 rings (SSSR count). The van der Waals surface area contributed by atoms with Crippen LogP contribution in [0.3, 0.4) is 0 Å². The molecule has 1 aromatic carbocycles.